The van der Waals surface area contributed by atoms with Crippen molar-refractivity contribution in [2.45, 2.75) is 78.1 Å². The number of anilines is 3. The van der Waals surface area contributed by atoms with Gasteiger partial charge >= 0.3 is 0 Å². The molecule has 242 valence electrons. The van der Waals surface area contributed by atoms with Gasteiger partial charge in [0.15, 0.2) is 5.78 Å². The molecular formula is C37H52N6O2. The summed E-state index contributed by atoms with van der Waals surface area (Å²) in [6.45, 7) is 13.3. The number of hydrogen-bond donors (Lipinski definition) is 0. The van der Waals surface area contributed by atoms with Crippen molar-refractivity contribution in [1.82, 2.24) is 14.9 Å². The van der Waals surface area contributed by atoms with Crippen LogP contribution in [0.5, 0.6) is 0 Å². The van der Waals surface area contributed by atoms with Crippen molar-refractivity contribution in [2.24, 2.45) is 34.5 Å². The van der Waals surface area contributed by atoms with Gasteiger partial charge in [0.05, 0.1) is 6.54 Å². The third kappa shape index (κ3) is 5.14. The second-order valence-corrected chi connectivity index (χ2v) is 15.8. The highest BCUT2D eigenvalue weighted by molar-refractivity contribution is 5.91. The highest BCUT2D eigenvalue weighted by Gasteiger charge is 2.57. The molecule has 0 N–H and O–H groups in total. The van der Waals surface area contributed by atoms with Crippen molar-refractivity contribution in [3.63, 3.8) is 0 Å². The van der Waals surface area contributed by atoms with Gasteiger partial charge in [0, 0.05) is 76.2 Å². The van der Waals surface area contributed by atoms with Crippen LogP contribution in [0.15, 0.2) is 29.9 Å². The summed E-state index contributed by atoms with van der Waals surface area (Å²) in [6.07, 6.45) is 17.7. The first kappa shape index (κ1) is 29.6. The molecular weight excluding hydrogens is 560 g/mol. The lowest BCUT2D eigenvalue weighted by Crippen LogP contribution is -2.51. The summed E-state index contributed by atoms with van der Waals surface area (Å²) in [6, 6.07) is 2.21. The van der Waals surface area contributed by atoms with E-state index in [4.69, 9.17) is 9.97 Å². The zero-order chi connectivity index (χ0) is 30.8. The fraction of sp³-hybridized carbons (Fsp3) is 0.730. The van der Waals surface area contributed by atoms with E-state index in [1.807, 2.05) is 6.08 Å². The van der Waals surface area contributed by atoms with Crippen LogP contribution < -0.4 is 14.7 Å². The molecule has 1 aromatic heterocycles. The van der Waals surface area contributed by atoms with Crippen molar-refractivity contribution < 1.29 is 9.59 Å². The Morgan fingerprint density at radius 2 is 1.51 bits per heavy atom. The Bertz CT molecular complexity index is 1350. The zero-order valence-electron chi connectivity index (χ0n) is 27.6. The maximum Gasteiger partial charge on any atom is 0.229 e. The van der Waals surface area contributed by atoms with Crippen LogP contribution in [0.3, 0.4) is 0 Å². The molecule has 2 saturated carbocycles. The molecule has 0 amide bonds. The van der Waals surface area contributed by atoms with Gasteiger partial charge in [-0.15, -0.1) is 0 Å². The Hall–Kier alpha value is -2.74. The van der Waals surface area contributed by atoms with E-state index in [1.165, 1.54) is 38.5 Å². The SMILES string of the molecule is CC12C=CC(=O)CC1CCC1C2=CCC2(C)C(C(=O)CN3CCN(c4cc(N5CCCC5)nc(N5CCCC5)n4)CC3)CCC12. The number of carbonyl (C=O) groups excluding carboxylic acids is 2. The average Bonchev–Trinajstić information content (AvgIpc) is 3.83. The summed E-state index contributed by atoms with van der Waals surface area (Å²) in [7, 11) is 0. The first-order valence-electron chi connectivity index (χ1n) is 18.1. The molecule has 7 aliphatic rings. The molecule has 4 heterocycles. The van der Waals surface area contributed by atoms with Crippen LogP contribution in [0, 0.1) is 34.5 Å². The van der Waals surface area contributed by atoms with E-state index in [0.29, 0.717) is 42.3 Å². The van der Waals surface area contributed by atoms with Crippen molar-refractivity contribution in [1.29, 1.82) is 0 Å². The second kappa shape index (κ2) is 11.5. The summed E-state index contributed by atoms with van der Waals surface area (Å²) in [4.78, 5) is 45.9. The number of rotatable bonds is 6. The van der Waals surface area contributed by atoms with Gasteiger partial charge in [0.2, 0.25) is 5.95 Å². The number of hydrogen-bond acceptors (Lipinski definition) is 8. The van der Waals surface area contributed by atoms with Crippen LogP contribution >= 0.6 is 0 Å². The first-order valence-corrected chi connectivity index (χ1v) is 18.1. The highest BCUT2D eigenvalue weighted by Crippen LogP contribution is 2.64. The Morgan fingerprint density at radius 1 is 0.844 bits per heavy atom. The van der Waals surface area contributed by atoms with Gasteiger partial charge in [-0.3, -0.25) is 14.5 Å². The van der Waals surface area contributed by atoms with Crippen LogP contribution in [-0.2, 0) is 9.59 Å². The zero-order valence-corrected chi connectivity index (χ0v) is 27.6. The van der Waals surface area contributed by atoms with Crippen LogP contribution in [0.25, 0.3) is 0 Å². The monoisotopic (exact) mass is 612 g/mol. The number of ketones is 2. The molecule has 8 nitrogen and oxygen atoms in total. The number of nitrogens with zero attached hydrogens (tertiary/aromatic N) is 6. The number of carbonyl (C=O) groups is 2. The Morgan fingerprint density at radius 3 is 2.22 bits per heavy atom. The summed E-state index contributed by atoms with van der Waals surface area (Å²) < 4.78 is 0. The number of Topliss-reactive ketones (excluding diaryl/α,β-unsaturated/α-hetero) is 1. The molecule has 6 atom stereocenters. The smallest absolute Gasteiger partial charge is 0.229 e. The van der Waals surface area contributed by atoms with Gasteiger partial charge < -0.3 is 14.7 Å². The maximum absolute atomic E-state index is 14.0. The summed E-state index contributed by atoms with van der Waals surface area (Å²) in [5.74, 6) is 5.53. The lowest BCUT2D eigenvalue weighted by molar-refractivity contribution is -0.128. The van der Waals surface area contributed by atoms with Gasteiger partial charge in [-0.2, -0.15) is 9.97 Å². The van der Waals surface area contributed by atoms with Crippen molar-refractivity contribution in [2.75, 3.05) is 73.6 Å². The molecule has 1 aromatic rings. The molecule has 4 aliphatic carbocycles. The quantitative estimate of drug-likeness (QED) is 0.402. The van der Waals surface area contributed by atoms with E-state index in [-0.39, 0.29) is 16.7 Å². The number of allylic oxidation sites excluding steroid dienone is 4. The molecule has 8 heteroatoms. The standard InChI is InChI=1S/C37H52N6O2/c1-36-13-11-27(44)23-26(36)7-8-28-29-9-10-31(37(29,2)14-12-30(28)36)32(45)25-40-19-21-42(22-20-40)34-24-33(41-15-3-4-16-41)38-35(39-34)43-17-5-6-18-43/h11-13,24,26,28-29,31H,3-10,14-23,25H2,1-2H3. The number of aromatic nitrogens is 2. The van der Waals surface area contributed by atoms with Crippen molar-refractivity contribution >= 4 is 29.2 Å². The molecule has 0 bridgehead atoms. The fourth-order valence-corrected chi connectivity index (χ4v) is 10.7. The minimum atomic E-state index is 0.0219. The van der Waals surface area contributed by atoms with E-state index < -0.39 is 0 Å². The molecule has 0 aromatic carbocycles. The Labute approximate surface area is 269 Å². The molecule has 8 rings (SSSR count). The topological polar surface area (TPSA) is 72.9 Å². The molecule has 6 unspecified atom stereocenters. The minimum Gasteiger partial charge on any atom is -0.356 e. The number of piperazine rings is 1. The minimum absolute atomic E-state index is 0.0219. The summed E-state index contributed by atoms with van der Waals surface area (Å²) in [5, 5.41) is 0. The normalized spacial score (nSPS) is 36.6. The van der Waals surface area contributed by atoms with Crippen LogP contribution in [0.4, 0.5) is 17.6 Å². The fourth-order valence-electron chi connectivity index (χ4n) is 10.7. The van der Waals surface area contributed by atoms with Gasteiger partial charge in [-0.1, -0.05) is 31.6 Å². The van der Waals surface area contributed by atoms with E-state index >= 15 is 0 Å². The summed E-state index contributed by atoms with van der Waals surface area (Å²) in [5.41, 5.74) is 1.66. The number of fused-ring (bicyclic) bond motifs is 5. The van der Waals surface area contributed by atoms with Crippen LogP contribution in [0.2, 0.25) is 0 Å². The maximum atomic E-state index is 14.0. The molecule has 0 spiro atoms. The predicted octanol–water partition coefficient (Wildman–Crippen LogP) is 5.29. The second-order valence-electron chi connectivity index (χ2n) is 15.8. The van der Waals surface area contributed by atoms with Crippen molar-refractivity contribution in [3.8, 4) is 0 Å². The Balaban J connectivity index is 0.928. The lowest BCUT2D eigenvalue weighted by atomic mass is 9.50. The highest BCUT2D eigenvalue weighted by atomic mass is 16.1. The van der Waals surface area contributed by atoms with Gasteiger partial charge in [-0.05, 0) is 87.0 Å². The molecule has 45 heavy (non-hydrogen) atoms. The third-order valence-electron chi connectivity index (χ3n) is 13.4. The van der Waals surface area contributed by atoms with Gasteiger partial charge in [0.25, 0.3) is 0 Å². The summed E-state index contributed by atoms with van der Waals surface area (Å²) >= 11 is 0. The van der Waals surface area contributed by atoms with E-state index in [9.17, 15) is 9.59 Å². The third-order valence-corrected chi connectivity index (χ3v) is 13.4. The molecule has 3 aliphatic heterocycles. The van der Waals surface area contributed by atoms with Crippen LogP contribution in [0.1, 0.15) is 78.1 Å². The van der Waals surface area contributed by atoms with Gasteiger partial charge in [0.1, 0.15) is 17.4 Å². The van der Waals surface area contributed by atoms with E-state index in [1.54, 1.807) is 5.57 Å². The Kier molecular flexibility index (Phi) is 7.58. The largest absolute Gasteiger partial charge is 0.356 e. The first-order chi connectivity index (χ1) is 21.8. The predicted molar refractivity (Wildman–Crippen MR) is 179 cm³/mol. The van der Waals surface area contributed by atoms with Crippen LogP contribution in [-0.4, -0.2) is 85.3 Å². The van der Waals surface area contributed by atoms with E-state index in [2.05, 4.69) is 51.7 Å². The average molecular weight is 613 g/mol. The molecule has 3 saturated heterocycles. The van der Waals surface area contributed by atoms with Gasteiger partial charge in [-0.25, -0.2) is 0 Å². The molecule has 5 fully saturated rings. The lowest BCUT2D eigenvalue weighted by Gasteiger charge is -2.54. The van der Waals surface area contributed by atoms with Crippen molar-refractivity contribution in [3.05, 3.63) is 29.9 Å². The molecule has 0 radical (unpaired) electrons. The van der Waals surface area contributed by atoms with E-state index in [0.717, 1.165) is 89.2 Å².